The highest BCUT2D eigenvalue weighted by molar-refractivity contribution is 6.31. The molecule has 1 N–H and O–H groups in total. The first kappa shape index (κ1) is 13.8. The van der Waals surface area contributed by atoms with Gasteiger partial charge in [-0.1, -0.05) is 38.4 Å². The zero-order valence-corrected chi connectivity index (χ0v) is 11.4. The monoisotopic (exact) mass is 251 g/mol. The average molecular weight is 252 g/mol. The van der Waals surface area contributed by atoms with Crippen molar-refractivity contribution < 1.29 is 4.79 Å². The molecule has 0 aromatic heterocycles. The molecule has 2 nitrogen and oxygen atoms in total. The van der Waals surface area contributed by atoms with Crippen molar-refractivity contribution in [3.05, 3.63) is 41.1 Å². The van der Waals surface area contributed by atoms with Gasteiger partial charge in [-0.05, 0) is 30.7 Å². The summed E-state index contributed by atoms with van der Waals surface area (Å²) in [6, 6.07) is 5.64. The molecular weight excluding hydrogens is 234 g/mol. The van der Waals surface area contributed by atoms with Gasteiger partial charge in [0.15, 0.2) is 5.78 Å². The molecule has 3 heteroatoms. The fourth-order valence-electron chi connectivity index (χ4n) is 1.22. The molecule has 0 aliphatic carbocycles. The first-order valence-electron chi connectivity index (χ1n) is 5.55. The predicted octanol–water partition coefficient (Wildman–Crippen LogP) is 4.19. The maximum Gasteiger partial charge on any atom is 0.162 e. The van der Waals surface area contributed by atoms with Gasteiger partial charge in [-0.3, -0.25) is 4.79 Å². The van der Waals surface area contributed by atoms with Crippen LogP contribution in [0.2, 0.25) is 5.02 Å². The van der Waals surface area contributed by atoms with E-state index in [1.54, 1.807) is 12.3 Å². The third-order valence-corrected chi connectivity index (χ3v) is 2.89. The van der Waals surface area contributed by atoms with E-state index in [9.17, 15) is 4.79 Å². The van der Waals surface area contributed by atoms with Crippen molar-refractivity contribution in [2.75, 3.05) is 5.32 Å². The smallest absolute Gasteiger partial charge is 0.162 e. The summed E-state index contributed by atoms with van der Waals surface area (Å²) in [7, 11) is 0. The Hall–Kier alpha value is -1.28. The Labute approximate surface area is 108 Å². The fourth-order valence-corrected chi connectivity index (χ4v) is 1.40. The highest BCUT2D eigenvalue weighted by Crippen LogP contribution is 2.23. The van der Waals surface area contributed by atoms with Gasteiger partial charge in [-0.15, -0.1) is 0 Å². The zero-order valence-electron chi connectivity index (χ0n) is 10.7. The molecule has 1 rings (SSSR count). The zero-order chi connectivity index (χ0) is 13.1. The largest absolute Gasteiger partial charge is 0.361 e. The standard InChI is InChI=1S/C14H18ClNO/c1-10-11(15)6-5-7-12(10)16-9-8-13(17)14(2,3)4/h5-9,16H,1-4H3/b9-8-. The lowest BCUT2D eigenvalue weighted by molar-refractivity contribution is -0.121. The molecule has 0 amide bonds. The summed E-state index contributed by atoms with van der Waals surface area (Å²) in [5.74, 6) is 0.0877. The van der Waals surface area contributed by atoms with Gasteiger partial charge in [0, 0.05) is 22.3 Å². The van der Waals surface area contributed by atoms with Crippen LogP contribution in [-0.2, 0) is 4.79 Å². The van der Waals surface area contributed by atoms with E-state index >= 15 is 0 Å². The minimum absolute atomic E-state index is 0.0877. The van der Waals surface area contributed by atoms with E-state index in [0.29, 0.717) is 5.02 Å². The third kappa shape index (κ3) is 3.90. The molecule has 92 valence electrons. The van der Waals surface area contributed by atoms with E-state index in [1.165, 1.54) is 0 Å². The van der Waals surface area contributed by atoms with Crippen LogP contribution in [0.3, 0.4) is 0 Å². The van der Waals surface area contributed by atoms with Crippen molar-refractivity contribution in [1.82, 2.24) is 0 Å². The molecule has 0 saturated heterocycles. The minimum Gasteiger partial charge on any atom is -0.361 e. The normalized spacial score (nSPS) is 11.8. The van der Waals surface area contributed by atoms with Gasteiger partial charge in [0.25, 0.3) is 0 Å². The number of halogens is 1. The maximum atomic E-state index is 11.7. The molecule has 0 bridgehead atoms. The van der Waals surface area contributed by atoms with Gasteiger partial charge < -0.3 is 5.32 Å². The van der Waals surface area contributed by atoms with E-state index < -0.39 is 0 Å². The SMILES string of the molecule is Cc1c(Cl)cccc1N/C=C\C(=O)C(C)(C)C. The van der Waals surface area contributed by atoms with Gasteiger partial charge in [0.1, 0.15) is 0 Å². The van der Waals surface area contributed by atoms with E-state index in [0.717, 1.165) is 11.3 Å². The lowest BCUT2D eigenvalue weighted by Crippen LogP contribution is -2.17. The minimum atomic E-state index is -0.346. The number of carbonyl (C=O) groups excluding carboxylic acids is 1. The predicted molar refractivity (Wildman–Crippen MR) is 73.4 cm³/mol. The van der Waals surface area contributed by atoms with Gasteiger partial charge in [0.05, 0.1) is 0 Å². The van der Waals surface area contributed by atoms with Crippen LogP contribution in [0.15, 0.2) is 30.5 Å². The number of nitrogens with one attached hydrogen (secondary N) is 1. The van der Waals surface area contributed by atoms with Gasteiger partial charge in [0.2, 0.25) is 0 Å². The number of ketones is 1. The summed E-state index contributed by atoms with van der Waals surface area (Å²) in [6.07, 6.45) is 3.21. The Morgan fingerprint density at radius 3 is 2.59 bits per heavy atom. The molecule has 17 heavy (non-hydrogen) atoms. The van der Waals surface area contributed by atoms with Crippen molar-refractivity contribution in [2.24, 2.45) is 5.41 Å². The van der Waals surface area contributed by atoms with Crippen LogP contribution in [0.4, 0.5) is 5.69 Å². The summed E-state index contributed by atoms with van der Waals surface area (Å²) in [6.45, 7) is 7.61. The van der Waals surface area contributed by atoms with Crippen LogP contribution >= 0.6 is 11.6 Å². The molecule has 0 saturated carbocycles. The van der Waals surface area contributed by atoms with Gasteiger partial charge in [-0.25, -0.2) is 0 Å². The maximum absolute atomic E-state index is 11.7. The van der Waals surface area contributed by atoms with Gasteiger partial charge >= 0.3 is 0 Å². The molecule has 0 atom stereocenters. The molecule has 0 fully saturated rings. The van der Waals surface area contributed by atoms with Crippen LogP contribution in [0, 0.1) is 12.3 Å². The number of hydrogen-bond donors (Lipinski definition) is 1. The third-order valence-electron chi connectivity index (χ3n) is 2.48. The second-order valence-electron chi connectivity index (χ2n) is 5.00. The fraction of sp³-hybridized carbons (Fsp3) is 0.357. The summed E-state index contributed by atoms with van der Waals surface area (Å²) in [5, 5.41) is 3.78. The van der Waals surface area contributed by atoms with Crippen LogP contribution in [-0.4, -0.2) is 5.78 Å². The lowest BCUT2D eigenvalue weighted by atomic mass is 9.91. The number of benzene rings is 1. The quantitative estimate of drug-likeness (QED) is 0.817. The summed E-state index contributed by atoms with van der Waals surface area (Å²) in [5.41, 5.74) is 1.54. The van der Waals surface area contributed by atoms with Gasteiger partial charge in [-0.2, -0.15) is 0 Å². The Kier molecular flexibility index (Phi) is 4.35. The molecule has 0 radical (unpaired) electrons. The summed E-state index contributed by atoms with van der Waals surface area (Å²) < 4.78 is 0. The molecule has 0 heterocycles. The summed E-state index contributed by atoms with van der Waals surface area (Å²) in [4.78, 5) is 11.7. The van der Waals surface area contributed by atoms with Crippen LogP contribution < -0.4 is 5.32 Å². The summed E-state index contributed by atoms with van der Waals surface area (Å²) >= 11 is 6.00. The molecule has 0 unspecified atom stereocenters. The van der Waals surface area contributed by atoms with Crippen molar-refractivity contribution in [3.63, 3.8) is 0 Å². The second-order valence-corrected chi connectivity index (χ2v) is 5.41. The topological polar surface area (TPSA) is 29.1 Å². The molecule has 1 aromatic carbocycles. The first-order chi connectivity index (χ1) is 7.82. The van der Waals surface area contributed by atoms with Crippen LogP contribution in [0.25, 0.3) is 0 Å². The average Bonchev–Trinajstić information content (AvgIpc) is 2.22. The number of hydrogen-bond acceptors (Lipinski definition) is 2. The number of carbonyl (C=O) groups is 1. The highest BCUT2D eigenvalue weighted by Gasteiger charge is 2.17. The van der Waals surface area contributed by atoms with Crippen LogP contribution in [0.5, 0.6) is 0 Å². The van der Waals surface area contributed by atoms with E-state index in [-0.39, 0.29) is 11.2 Å². The van der Waals surface area contributed by atoms with E-state index in [1.807, 2.05) is 45.9 Å². The number of allylic oxidation sites excluding steroid dienone is 1. The van der Waals surface area contributed by atoms with Crippen molar-refractivity contribution in [1.29, 1.82) is 0 Å². The van der Waals surface area contributed by atoms with Crippen molar-refractivity contribution in [2.45, 2.75) is 27.7 Å². The first-order valence-corrected chi connectivity index (χ1v) is 5.93. The molecule has 0 aliphatic heterocycles. The number of rotatable bonds is 3. The number of anilines is 1. The molecule has 0 spiro atoms. The Morgan fingerprint density at radius 2 is 2.00 bits per heavy atom. The Morgan fingerprint density at radius 1 is 1.35 bits per heavy atom. The molecule has 1 aromatic rings. The highest BCUT2D eigenvalue weighted by atomic mass is 35.5. The van der Waals surface area contributed by atoms with Crippen LogP contribution in [0.1, 0.15) is 26.3 Å². The Balaban J connectivity index is 2.72. The lowest BCUT2D eigenvalue weighted by Gasteiger charge is -2.13. The second kappa shape index (κ2) is 5.37. The van der Waals surface area contributed by atoms with E-state index in [4.69, 9.17) is 11.6 Å². The Bertz CT molecular complexity index is 444. The van der Waals surface area contributed by atoms with Crippen molar-refractivity contribution >= 4 is 23.1 Å². The molecular formula is C14H18ClNO. The van der Waals surface area contributed by atoms with E-state index in [2.05, 4.69) is 5.32 Å². The molecule has 0 aliphatic rings. The van der Waals surface area contributed by atoms with Crippen molar-refractivity contribution in [3.8, 4) is 0 Å².